The number of nitrogens with zero attached hydrogens (tertiary/aromatic N) is 1. The number of nitroso groups, excluding NO2 is 1. The van der Waals surface area contributed by atoms with Crippen LogP contribution in [-0.2, 0) is 28.8 Å². The highest BCUT2D eigenvalue weighted by molar-refractivity contribution is 7.97. The lowest BCUT2D eigenvalue weighted by atomic mass is 10.0. The number of thiol groups is 1. The van der Waals surface area contributed by atoms with E-state index < -0.39 is 59.1 Å². The molecule has 8 N–H and O–H groups in total. The highest BCUT2D eigenvalue weighted by Crippen LogP contribution is 2.18. The van der Waals surface area contributed by atoms with E-state index in [4.69, 9.17) is 21.1 Å². The first-order valence-corrected chi connectivity index (χ1v) is 12.4. The molecule has 3 amide bonds. The summed E-state index contributed by atoms with van der Waals surface area (Å²) in [4.78, 5) is 76.5. The molecule has 0 rings (SSSR count). The van der Waals surface area contributed by atoms with E-state index in [-0.39, 0.29) is 24.5 Å². The van der Waals surface area contributed by atoms with Crippen molar-refractivity contribution in [2.75, 3.05) is 12.3 Å². The monoisotopic (exact) mass is 569 g/mol. The Kier molecular flexibility index (Phi) is 18.8. The third-order valence-corrected chi connectivity index (χ3v) is 5.22. The van der Waals surface area contributed by atoms with Crippen LogP contribution < -0.4 is 21.7 Å². The van der Waals surface area contributed by atoms with E-state index in [9.17, 15) is 33.7 Å². The molecule has 0 bridgehead atoms. The summed E-state index contributed by atoms with van der Waals surface area (Å²) < 4.78 is 1.71. The molecule has 0 aliphatic heterocycles. The van der Waals surface area contributed by atoms with Gasteiger partial charge in [0.15, 0.2) is 0 Å². The Balaban J connectivity index is 0. The van der Waals surface area contributed by atoms with Crippen molar-refractivity contribution in [1.29, 1.82) is 0 Å². The third kappa shape index (κ3) is 18.9. The van der Waals surface area contributed by atoms with Gasteiger partial charge in [0.25, 0.3) is 0 Å². The van der Waals surface area contributed by atoms with E-state index in [1.807, 2.05) is 6.92 Å². The highest BCUT2D eigenvalue weighted by Gasteiger charge is 2.33. The Bertz CT molecular complexity index is 807. The molecule has 15 nitrogen and oxygen atoms in total. The molecule has 0 saturated heterocycles. The number of amides is 3. The molecule has 0 heterocycles. The quantitative estimate of drug-likeness (QED) is 0.0640. The van der Waals surface area contributed by atoms with Gasteiger partial charge >= 0.3 is 17.9 Å². The lowest BCUT2D eigenvalue weighted by Gasteiger charge is -2.26. The van der Waals surface area contributed by atoms with Crippen molar-refractivity contribution in [2.24, 2.45) is 10.3 Å². The maximum atomic E-state index is 11.7. The molecule has 0 aliphatic carbocycles. The summed E-state index contributed by atoms with van der Waals surface area (Å²) in [5, 5.41) is 32.7. The highest BCUT2D eigenvalue weighted by atomic mass is 32.2. The molecule has 212 valence electrons. The summed E-state index contributed by atoms with van der Waals surface area (Å²) in [6, 6.07) is -3.34. The van der Waals surface area contributed by atoms with E-state index in [1.165, 1.54) is 0 Å². The summed E-state index contributed by atoms with van der Waals surface area (Å²) >= 11 is 4.64. The second kappa shape index (κ2) is 19.2. The largest absolute Gasteiger partial charge is 0.480 e. The SMILES string of the molecule is CCCCC(=O)NC(C(=O)O)C(C)(C)S.NC(CCC(=O)NC(CSN=O)C(=O)NCC(=O)O)C(=O)O. The van der Waals surface area contributed by atoms with Gasteiger partial charge in [0, 0.05) is 39.9 Å². The number of unbranched alkanes of at least 4 members (excludes halogenated alkanes) is 1. The number of rotatable bonds is 17. The van der Waals surface area contributed by atoms with Crippen LogP contribution in [0.5, 0.6) is 0 Å². The Morgan fingerprint density at radius 3 is 2.00 bits per heavy atom. The second-order valence-electron chi connectivity index (χ2n) is 8.18. The Morgan fingerprint density at radius 2 is 1.57 bits per heavy atom. The first kappa shape index (κ1) is 36.2. The zero-order chi connectivity index (χ0) is 29.2. The minimum Gasteiger partial charge on any atom is -0.480 e. The average molecular weight is 570 g/mol. The van der Waals surface area contributed by atoms with Crippen LogP contribution in [0.2, 0.25) is 0 Å². The number of carboxylic acids is 3. The van der Waals surface area contributed by atoms with Gasteiger partial charge in [0.2, 0.25) is 17.7 Å². The maximum Gasteiger partial charge on any atom is 0.327 e. The number of nitrogens with two attached hydrogens (primary N) is 1. The van der Waals surface area contributed by atoms with Crippen molar-refractivity contribution >= 4 is 60.2 Å². The minimum absolute atomic E-state index is 0.135. The van der Waals surface area contributed by atoms with E-state index >= 15 is 0 Å². The molecule has 0 radical (unpaired) electrons. The van der Waals surface area contributed by atoms with E-state index in [0.29, 0.717) is 18.4 Å². The molecule has 3 atom stereocenters. The zero-order valence-corrected chi connectivity index (χ0v) is 22.5. The van der Waals surface area contributed by atoms with E-state index in [2.05, 4.69) is 33.2 Å². The normalized spacial score (nSPS) is 13.0. The van der Waals surface area contributed by atoms with Gasteiger partial charge in [-0.2, -0.15) is 12.6 Å². The van der Waals surface area contributed by atoms with E-state index in [0.717, 1.165) is 12.8 Å². The Morgan fingerprint density at radius 1 is 1.00 bits per heavy atom. The van der Waals surface area contributed by atoms with Crippen LogP contribution in [-0.4, -0.2) is 86.1 Å². The maximum absolute atomic E-state index is 11.7. The second-order valence-corrected chi connectivity index (χ2v) is 10.1. The first-order valence-electron chi connectivity index (χ1n) is 11.0. The topological polar surface area (TPSA) is 255 Å². The fourth-order valence-corrected chi connectivity index (χ4v) is 2.98. The number of carboxylic acid groups (broad SMARTS) is 3. The predicted molar refractivity (Wildman–Crippen MR) is 138 cm³/mol. The molecule has 3 unspecified atom stereocenters. The fraction of sp³-hybridized carbons (Fsp3) is 0.700. The van der Waals surface area contributed by atoms with Crippen molar-refractivity contribution < 1.29 is 44.1 Å². The number of carbonyl (C=O) groups is 6. The lowest BCUT2D eigenvalue weighted by Crippen LogP contribution is -2.51. The van der Waals surface area contributed by atoms with Crippen LogP contribution in [0.1, 0.15) is 52.9 Å². The lowest BCUT2D eigenvalue weighted by molar-refractivity contribution is -0.142. The molecule has 0 aromatic rings. The molecule has 37 heavy (non-hydrogen) atoms. The number of nitrogens with one attached hydrogen (secondary N) is 3. The predicted octanol–water partition coefficient (Wildman–Crippen LogP) is -0.267. The van der Waals surface area contributed by atoms with Crippen molar-refractivity contribution in [3.8, 4) is 0 Å². The van der Waals surface area contributed by atoms with Gasteiger partial charge in [-0.1, -0.05) is 13.3 Å². The zero-order valence-electron chi connectivity index (χ0n) is 20.8. The summed E-state index contributed by atoms with van der Waals surface area (Å²) in [6.07, 6.45) is 1.67. The van der Waals surface area contributed by atoms with Crippen molar-refractivity contribution in [2.45, 2.75) is 75.7 Å². The number of aliphatic carboxylic acids is 3. The van der Waals surface area contributed by atoms with Gasteiger partial charge in [-0.3, -0.25) is 24.0 Å². The summed E-state index contributed by atoms with van der Waals surface area (Å²) in [5.41, 5.74) is 5.23. The molecule has 0 spiro atoms. The molecule has 0 aromatic heterocycles. The fourth-order valence-electron chi connectivity index (χ4n) is 2.36. The van der Waals surface area contributed by atoms with Crippen molar-refractivity contribution in [1.82, 2.24) is 16.0 Å². The smallest absolute Gasteiger partial charge is 0.327 e. The van der Waals surface area contributed by atoms with Crippen molar-refractivity contribution in [3.05, 3.63) is 4.91 Å². The van der Waals surface area contributed by atoms with Gasteiger partial charge in [-0.15, -0.1) is 4.91 Å². The summed E-state index contributed by atoms with van der Waals surface area (Å²) in [5.74, 6) is -5.46. The number of hydrogen-bond acceptors (Lipinski definition) is 11. The van der Waals surface area contributed by atoms with Gasteiger partial charge in [-0.25, -0.2) is 4.79 Å². The Labute approximate surface area is 223 Å². The van der Waals surface area contributed by atoms with Crippen LogP contribution >= 0.6 is 24.6 Å². The minimum atomic E-state index is -1.27. The third-order valence-electron chi connectivity index (χ3n) is 4.38. The summed E-state index contributed by atoms with van der Waals surface area (Å²) in [6.45, 7) is 4.66. The van der Waals surface area contributed by atoms with Gasteiger partial charge in [0.05, 0.1) is 0 Å². The first-order chi connectivity index (χ1) is 17.1. The number of hydrogen-bond donors (Lipinski definition) is 8. The van der Waals surface area contributed by atoms with Crippen LogP contribution in [0.25, 0.3) is 0 Å². The average Bonchev–Trinajstić information content (AvgIpc) is 2.79. The van der Waals surface area contributed by atoms with Crippen molar-refractivity contribution in [3.63, 3.8) is 0 Å². The number of carbonyl (C=O) groups excluding carboxylic acids is 3. The summed E-state index contributed by atoms with van der Waals surface area (Å²) in [7, 11) is 0. The Hall–Kier alpha value is -2.92. The van der Waals surface area contributed by atoms with Gasteiger partial charge < -0.3 is 37.0 Å². The van der Waals surface area contributed by atoms with E-state index in [1.54, 1.807) is 13.8 Å². The standard InChI is InChI=1S/C10H16N4O7S.C10H19NO3S/c11-5(10(19)20)1-2-7(15)13-6(4-22-14-21)9(18)12-3-8(16)17;1-4-5-6-7(12)11-8(9(13)14)10(2,3)15/h5-6H,1-4,11H2,(H,12,18)(H,13,15)(H,16,17)(H,19,20);8,15H,4-6H2,1-3H3,(H,11,12)(H,13,14). The molecule has 17 heteroatoms. The van der Waals surface area contributed by atoms with Crippen LogP contribution in [0.3, 0.4) is 0 Å². The molecular formula is C20H35N5O10S2. The van der Waals surface area contributed by atoms with Crippen LogP contribution in [0.15, 0.2) is 4.58 Å². The molecule has 0 aliphatic rings. The van der Waals surface area contributed by atoms with Crippen LogP contribution in [0.4, 0.5) is 0 Å². The van der Waals surface area contributed by atoms with Crippen LogP contribution in [0, 0.1) is 4.91 Å². The molecule has 0 aromatic carbocycles. The molecule has 0 saturated carbocycles. The van der Waals surface area contributed by atoms with Gasteiger partial charge in [0.1, 0.15) is 24.7 Å². The molecule has 0 fully saturated rings. The molecular weight excluding hydrogens is 534 g/mol. The van der Waals surface area contributed by atoms with Gasteiger partial charge in [-0.05, 0) is 26.7 Å².